The monoisotopic (exact) mass is 235 g/mol. The van der Waals surface area contributed by atoms with Crippen LogP contribution in [0.2, 0.25) is 5.15 Å². The molecule has 1 aromatic rings. The SMILES string of the molecule is CS(=O)(=O)CCNc1nccnc1Cl. The van der Waals surface area contributed by atoms with Crippen molar-refractivity contribution in [3.8, 4) is 0 Å². The summed E-state index contributed by atoms with van der Waals surface area (Å²) in [4.78, 5) is 7.68. The molecule has 0 atom stereocenters. The van der Waals surface area contributed by atoms with E-state index in [9.17, 15) is 8.42 Å². The van der Waals surface area contributed by atoms with Gasteiger partial charge in [-0.2, -0.15) is 0 Å². The van der Waals surface area contributed by atoms with E-state index in [1.54, 1.807) is 0 Å². The second kappa shape index (κ2) is 4.56. The maximum absolute atomic E-state index is 10.8. The minimum atomic E-state index is -2.96. The van der Waals surface area contributed by atoms with Gasteiger partial charge in [0, 0.05) is 25.2 Å². The van der Waals surface area contributed by atoms with Crippen molar-refractivity contribution in [3.63, 3.8) is 0 Å². The van der Waals surface area contributed by atoms with Crippen LogP contribution in [0.5, 0.6) is 0 Å². The Morgan fingerprint density at radius 3 is 2.64 bits per heavy atom. The van der Waals surface area contributed by atoms with Gasteiger partial charge in [-0.05, 0) is 0 Å². The van der Waals surface area contributed by atoms with Gasteiger partial charge in [0.05, 0.1) is 5.75 Å². The Kier molecular flexibility index (Phi) is 3.65. The first-order valence-corrected chi connectivity index (χ1v) is 6.31. The first kappa shape index (κ1) is 11.2. The Balaban J connectivity index is 2.51. The summed E-state index contributed by atoms with van der Waals surface area (Å²) in [7, 11) is -2.96. The van der Waals surface area contributed by atoms with Crippen molar-refractivity contribution < 1.29 is 8.42 Å². The summed E-state index contributed by atoms with van der Waals surface area (Å²) in [6.07, 6.45) is 4.12. The number of aromatic nitrogens is 2. The first-order chi connectivity index (χ1) is 6.49. The van der Waals surface area contributed by atoms with E-state index >= 15 is 0 Å². The molecule has 0 saturated heterocycles. The van der Waals surface area contributed by atoms with Crippen molar-refractivity contribution in [1.29, 1.82) is 0 Å². The van der Waals surface area contributed by atoms with Gasteiger partial charge >= 0.3 is 0 Å². The molecule has 78 valence electrons. The van der Waals surface area contributed by atoms with E-state index in [0.717, 1.165) is 0 Å². The van der Waals surface area contributed by atoms with E-state index in [-0.39, 0.29) is 17.5 Å². The lowest BCUT2D eigenvalue weighted by atomic mass is 10.6. The maximum Gasteiger partial charge on any atom is 0.171 e. The number of anilines is 1. The molecule has 1 heterocycles. The van der Waals surface area contributed by atoms with Crippen LogP contribution in [0.15, 0.2) is 12.4 Å². The van der Waals surface area contributed by atoms with Gasteiger partial charge < -0.3 is 5.32 Å². The fourth-order valence-electron chi connectivity index (χ4n) is 0.794. The van der Waals surface area contributed by atoms with E-state index in [2.05, 4.69) is 15.3 Å². The molecule has 0 unspecified atom stereocenters. The summed E-state index contributed by atoms with van der Waals surface area (Å²) in [5.41, 5.74) is 0. The molecule has 1 N–H and O–H groups in total. The molecule has 0 bridgehead atoms. The Hall–Kier alpha value is -0.880. The molecule has 0 amide bonds. The van der Waals surface area contributed by atoms with Crippen LogP contribution in [-0.2, 0) is 9.84 Å². The van der Waals surface area contributed by atoms with Crippen LogP contribution in [0.4, 0.5) is 5.82 Å². The van der Waals surface area contributed by atoms with Crippen molar-refractivity contribution in [2.45, 2.75) is 0 Å². The lowest BCUT2D eigenvalue weighted by Gasteiger charge is -2.04. The molecule has 1 aromatic heterocycles. The van der Waals surface area contributed by atoms with Crippen molar-refractivity contribution in [2.75, 3.05) is 23.9 Å². The van der Waals surface area contributed by atoms with Crippen LogP contribution in [0, 0.1) is 0 Å². The molecule has 7 heteroatoms. The molecule has 0 aliphatic carbocycles. The van der Waals surface area contributed by atoms with Crippen molar-refractivity contribution in [1.82, 2.24) is 9.97 Å². The van der Waals surface area contributed by atoms with E-state index in [1.807, 2.05) is 0 Å². The minimum absolute atomic E-state index is 0.0416. The highest BCUT2D eigenvalue weighted by Crippen LogP contribution is 2.13. The first-order valence-electron chi connectivity index (χ1n) is 3.87. The largest absolute Gasteiger partial charge is 0.366 e. The lowest BCUT2D eigenvalue weighted by molar-refractivity contribution is 0.602. The normalized spacial score (nSPS) is 11.3. The number of hydrogen-bond acceptors (Lipinski definition) is 5. The third kappa shape index (κ3) is 3.89. The molecule has 0 saturated carbocycles. The van der Waals surface area contributed by atoms with Gasteiger partial charge in [-0.25, -0.2) is 18.4 Å². The zero-order valence-electron chi connectivity index (χ0n) is 7.57. The molecular weight excluding hydrogens is 226 g/mol. The van der Waals surface area contributed by atoms with E-state index in [4.69, 9.17) is 11.6 Å². The maximum atomic E-state index is 10.8. The number of halogens is 1. The van der Waals surface area contributed by atoms with Crippen LogP contribution >= 0.6 is 11.6 Å². The predicted molar refractivity (Wildman–Crippen MR) is 55.2 cm³/mol. The third-order valence-electron chi connectivity index (χ3n) is 1.42. The molecule has 1 rings (SSSR count). The average molecular weight is 236 g/mol. The van der Waals surface area contributed by atoms with Gasteiger partial charge in [0.2, 0.25) is 0 Å². The molecule has 0 aromatic carbocycles. The molecule has 5 nitrogen and oxygen atoms in total. The summed E-state index contributed by atoms with van der Waals surface area (Å²) in [5, 5.41) is 3.02. The second-order valence-corrected chi connectivity index (χ2v) is 5.37. The van der Waals surface area contributed by atoms with E-state index in [0.29, 0.717) is 5.82 Å². The summed E-state index contributed by atoms with van der Waals surface area (Å²) in [6.45, 7) is 0.275. The van der Waals surface area contributed by atoms with Crippen LogP contribution < -0.4 is 5.32 Å². The highest BCUT2D eigenvalue weighted by Gasteiger charge is 2.04. The molecule has 0 fully saturated rings. The summed E-state index contributed by atoms with van der Waals surface area (Å²) in [6, 6.07) is 0. The van der Waals surface area contributed by atoms with E-state index in [1.165, 1.54) is 18.6 Å². The van der Waals surface area contributed by atoms with Crippen molar-refractivity contribution in [3.05, 3.63) is 17.5 Å². The number of nitrogens with zero attached hydrogens (tertiary/aromatic N) is 2. The standard InChI is InChI=1S/C7H10ClN3O2S/c1-14(12,13)5-4-11-7-6(8)9-2-3-10-7/h2-3H,4-5H2,1H3,(H,10,11). The second-order valence-electron chi connectivity index (χ2n) is 2.75. The summed E-state index contributed by atoms with van der Waals surface area (Å²) >= 11 is 5.69. The Morgan fingerprint density at radius 2 is 2.07 bits per heavy atom. The Morgan fingerprint density at radius 1 is 1.43 bits per heavy atom. The average Bonchev–Trinajstić information content (AvgIpc) is 2.06. The van der Waals surface area contributed by atoms with Gasteiger partial charge in [0.1, 0.15) is 9.84 Å². The van der Waals surface area contributed by atoms with E-state index < -0.39 is 9.84 Å². The fourth-order valence-corrected chi connectivity index (χ4v) is 1.44. The zero-order chi connectivity index (χ0) is 10.6. The quantitative estimate of drug-likeness (QED) is 0.827. The zero-order valence-corrected chi connectivity index (χ0v) is 9.14. The molecule has 0 aliphatic heterocycles. The van der Waals surface area contributed by atoms with Gasteiger partial charge in [-0.15, -0.1) is 0 Å². The molecule has 0 spiro atoms. The van der Waals surface area contributed by atoms with Gasteiger partial charge in [-0.3, -0.25) is 0 Å². The summed E-state index contributed by atoms with van der Waals surface area (Å²) < 4.78 is 21.6. The number of hydrogen-bond donors (Lipinski definition) is 1. The number of nitrogens with one attached hydrogen (secondary N) is 1. The summed E-state index contributed by atoms with van der Waals surface area (Å²) in [5.74, 6) is 0.442. The molecule has 0 aliphatic rings. The topological polar surface area (TPSA) is 72.0 Å². The highest BCUT2D eigenvalue weighted by atomic mass is 35.5. The number of rotatable bonds is 4. The van der Waals surface area contributed by atoms with Crippen molar-refractivity contribution >= 4 is 27.3 Å². The van der Waals surface area contributed by atoms with Crippen LogP contribution in [-0.4, -0.2) is 36.9 Å². The Bertz CT molecular complexity index is 407. The van der Waals surface area contributed by atoms with Gasteiger partial charge in [-0.1, -0.05) is 11.6 Å². The highest BCUT2D eigenvalue weighted by molar-refractivity contribution is 7.90. The predicted octanol–water partition coefficient (Wildman–Crippen LogP) is 0.586. The molecular formula is C7H10ClN3O2S. The molecule has 14 heavy (non-hydrogen) atoms. The van der Waals surface area contributed by atoms with Crippen LogP contribution in [0.3, 0.4) is 0 Å². The molecule has 0 radical (unpaired) electrons. The van der Waals surface area contributed by atoms with Gasteiger partial charge in [0.15, 0.2) is 11.0 Å². The minimum Gasteiger partial charge on any atom is -0.366 e. The van der Waals surface area contributed by atoms with Crippen molar-refractivity contribution in [2.24, 2.45) is 0 Å². The van der Waals surface area contributed by atoms with Crippen LogP contribution in [0.25, 0.3) is 0 Å². The third-order valence-corrected chi connectivity index (χ3v) is 2.64. The Labute approximate surface area is 87.4 Å². The fraction of sp³-hybridized carbons (Fsp3) is 0.429. The van der Waals surface area contributed by atoms with Gasteiger partial charge in [0.25, 0.3) is 0 Å². The smallest absolute Gasteiger partial charge is 0.171 e. The van der Waals surface area contributed by atoms with Crippen LogP contribution in [0.1, 0.15) is 0 Å². The lowest BCUT2D eigenvalue weighted by Crippen LogP contribution is -2.15. The number of sulfone groups is 1.